The Balaban J connectivity index is 1.77. The van der Waals surface area contributed by atoms with E-state index in [-0.39, 0.29) is 5.91 Å². The number of nitrogens with one attached hydrogen (secondary N) is 1. The SMILES string of the molecule is CNc1ccc(C(=O)N2CCc3sccc3C2)cn1. The van der Waals surface area contributed by atoms with Crippen molar-refractivity contribution in [2.24, 2.45) is 0 Å². The molecule has 98 valence electrons. The van der Waals surface area contributed by atoms with Crippen molar-refractivity contribution in [1.29, 1.82) is 0 Å². The van der Waals surface area contributed by atoms with E-state index in [4.69, 9.17) is 0 Å². The van der Waals surface area contributed by atoms with Gasteiger partial charge in [0.2, 0.25) is 0 Å². The van der Waals surface area contributed by atoms with Crippen molar-refractivity contribution < 1.29 is 4.79 Å². The molecule has 3 rings (SSSR count). The first-order chi connectivity index (χ1) is 9.28. The van der Waals surface area contributed by atoms with Crippen molar-refractivity contribution in [2.75, 3.05) is 18.9 Å². The molecular weight excluding hydrogens is 258 g/mol. The zero-order chi connectivity index (χ0) is 13.2. The normalized spacial score (nSPS) is 14.1. The van der Waals surface area contributed by atoms with Gasteiger partial charge in [0.05, 0.1) is 5.56 Å². The Hall–Kier alpha value is -1.88. The molecule has 0 atom stereocenters. The second-order valence-electron chi connectivity index (χ2n) is 4.53. The highest BCUT2D eigenvalue weighted by Gasteiger charge is 2.22. The van der Waals surface area contributed by atoms with E-state index in [0.717, 1.165) is 18.8 Å². The van der Waals surface area contributed by atoms with Gasteiger partial charge in [0.1, 0.15) is 5.82 Å². The highest BCUT2D eigenvalue weighted by atomic mass is 32.1. The van der Waals surface area contributed by atoms with Crippen molar-refractivity contribution in [2.45, 2.75) is 13.0 Å². The predicted octanol–water partition coefficient (Wildman–Crippen LogP) is 2.38. The number of hydrogen-bond acceptors (Lipinski definition) is 4. The molecule has 0 aromatic carbocycles. The summed E-state index contributed by atoms with van der Waals surface area (Å²) in [6.45, 7) is 1.51. The highest BCUT2D eigenvalue weighted by molar-refractivity contribution is 7.10. The number of fused-ring (bicyclic) bond motifs is 1. The van der Waals surface area contributed by atoms with Crippen molar-refractivity contribution in [3.8, 4) is 0 Å². The number of carbonyl (C=O) groups excluding carboxylic acids is 1. The van der Waals surface area contributed by atoms with Gasteiger partial charge in [0, 0.05) is 31.2 Å². The lowest BCUT2D eigenvalue weighted by atomic mass is 10.1. The maximum Gasteiger partial charge on any atom is 0.255 e. The summed E-state index contributed by atoms with van der Waals surface area (Å²) >= 11 is 1.78. The van der Waals surface area contributed by atoms with E-state index in [1.54, 1.807) is 17.5 Å². The Kier molecular flexibility index (Phi) is 3.21. The first-order valence-electron chi connectivity index (χ1n) is 6.26. The lowest BCUT2D eigenvalue weighted by Crippen LogP contribution is -2.35. The third kappa shape index (κ3) is 2.33. The quantitative estimate of drug-likeness (QED) is 0.913. The fourth-order valence-electron chi connectivity index (χ4n) is 2.27. The van der Waals surface area contributed by atoms with Crippen LogP contribution < -0.4 is 5.32 Å². The Bertz CT molecular complexity index is 591. The van der Waals surface area contributed by atoms with Crippen LogP contribution in [0.25, 0.3) is 0 Å². The molecule has 2 aromatic heterocycles. The summed E-state index contributed by atoms with van der Waals surface area (Å²) in [5.74, 6) is 0.835. The van der Waals surface area contributed by atoms with Gasteiger partial charge in [0.15, 0.2) is 0 Å². The van der Waals surface area contributed by atoms with Crippen LogP contribution in [0.15, 0.2) is 29.8 Å². The molecule has 0 bridgehead atoms. The average Bonchev–Trinajstić information content (AvgIpc) is 2.94. The molecule has 1 aliphatic heterocycles. The molecule has 3 heterocycles. The van der Waals surface area contributed by atoms with Gasteiger partial charge in [-0.25, -0.2) is 4.98 Å². The molecule has 0 saturated carbocycles. The number of pyridine rings is 1. The third-order valence-corrected chi connectivity index (χ3v) is 4.38. The maximum atomic E-state index is 12.4. The predicted molar refractivity (Wildman–Crippen MR) is 76.5 cm³/mol. The molecule has 2 aromatic rings. The minimum absolute atomic E-state index is 0.0620. The number of carbonyl (C=O) groups is 1. The number of hydrogen-bond donors (Lipinski definition) is 1. The molecule has 0 aliphatic carbocycles. The molecule has 0 unspecified atom stereocenters. The Morgan fingerprint density at radius 2 is 2.32 bits per heavy atom. The maximum absolute atomic E-state index is 12.4. The van der Waals surface area contributed by atoms with Crippen LogP contribution in [0, 0.1) is 0 Å². The van der Waals surface area contributed by atoms with Gasteiger partial charge < -0.3 is 10.2 Å². The lowest BCUT2D eigenvalue weighted by molar-refractivity contribution is 0.0735. The second kappa shape index (κ2) is 5.01. The van der Waals surface area contributed by atoms with E-state index in [0.29, 0.717) is 12.1 Å². The number of aromatic nitrogens is 1. The Labute approximate surface area is 116 Å². The van der Waals surface area contributed by atoms with Gasteiger partial charge in [-0.3, -0.25) is 4.79 Å². The van der Waals surface area contributed by atoms with Gasteiger partial charge in [-0.15, -0.1) is 11.3 Å². The summed E-state index contributed by atoms with van der Waals surface area (Å²) in [4.78, 5) is 19.9. The first kappa shape index (κ1) is 12.2. The first-order valence-corrected chi connectivity index (χ1v) is 7.14. The van der Waals surface area contributed by atoms with Gasteiger partial charge in [-0.05, 0) is 35.6 Å². The standard InChI is InChI=1S/C14H15N3OS/c1-15-13-3-2-10(8-16-13)14(18)17-6-4-12-11(9-17)5-7-19-12/h2-3,5,7-8H,4,6,9H2,1H3,(H,15,16). The van der Waals surface area contributed by atoms with Gasteiger partial charge in [0.25, 0.3) is 5.91 Å². The van der Waals surface area contributed by atoms with Crippen LogP contribution in [0.3, 0.4) is 0 Å². The molecule has 1 amide bonds. The zero-order valence-electron chi connectivity index (χ0n) is 10.7. The van der Waals surface area contributed by atoms with Crippen LogP contribution in [-0.4, -0.2) is 29.4 Å². The molecule has 19 heavy (non-hydrogen) atoms. The van der Waals surface area contributed by atoms with Crippen LogP contribution in [0.5, 0.6) is 0 Å². The third-order valence-electron chi connectivity index (χ3n) is 3.36. The summed E-state index contributed by atoms with van der Waals surface area (Å²) in [6.07, 6.45) is 2.60. The second-order valence-corrected chi connectivity index (χ2v) is 5.53. The monoisotopic (exact) mass is 273 g/mol. The smallest absolute Gasteiger partial charge is 0.255 e. The molecule has 1 aliphatic rings. The van der Waals surface area contributed by atoms with Gasteiger partial charge in [-0.1, -0.05) is 0 Å². The van der Waals surface area contributed by atoms with Crippen LogP contribution in [-0.2, 0) is 13.0 Å². The minimum atomic E-state index is 0.0620. The Morgan fingerprint density at radius 1 is 1.42 bits per heavy atom. The summed E-state index contributed by atoms with van der Waals surface area (Å²) < 4.78 is 0. The lowest BCUT2D eigenvalue weighted by Gasteiger charge is -2.27. The van der Waals surface area contributed by atoms with Crippen molar-refractivity contribution in [3.05, 3.63) is 45.8 Å². The molecular formula is C14H15N3OS. The molecule has 0 radical (unpaired) electrons. The zero-order valence-corrected chi connectivity index (χ0v) is 11.5. The summed E-state index contributed by atoms with van der Waals surface area (Å²) in [7, 11) is 1.81. The van der Waals surface area contributed by atoms with Crippen molar-refractivity contribution in [1.82, 2.24) is 9.88 Å². The summed E-state index contributed by atoms with van der Waals surface area (Å²) in [5.41, 5.74) is 1.93. The van der Waals surface area contributed by atoms with E-state index in [2.05, 4.69) is 21.7 Å². The fourth-order valence-corrected chi connectivity index (χ4v) is 3.16. The summed E-state index contributed by atoms with van der Waals surface area (Å²) in [5, 5.41) is 5.05. The van der Waals surface area contributed by atoms with E-state index < -0.39 is 0 Å². The molecule has 0 fully saturated rings. The van der Waals surface area contributed by atoms with Crippen LogP contribution >= 0.6 is 11.3 Å². The topological polar surface area (TPSA) is 45.2 Å². The van der Waals surface area contributed by atoms with E-state index in [9.17, 15) is 4.79 Å². The largest absolute Gasteiger partial charge is 0.373 e. The molecule has 0 saturated heterocycles. The van der Waals surface area contributed by atoms with Crippen LogP contribution in [0.2, 0.25) is 0 Å². The summed E-state index contributed by atoms with van der Waals surface area (Å²) in [6, 6.07) is 5.76. The number of thiophene rings is 1. The van der Waals surface area contributed by atoms with E-state index >= 15 is 0 Å². The van der Waals surface area contributed by atoms with Crippen LogP contribution in [0.1, 0.15) is 20.8 Å². The fraction of sp³-hybridized carbons (Fsp3) is 0.286. The minimum Gasteiger partial charge on any atom is -0.373 e. The Morgan fingerprint density at radius 3 is 3.05 bits per heavy atom. The molecule has 4 nitrogen and oxygen atoms in total. The van der Waals surface area contributed by atoms with Gasteiger partial charge in [-0.2, -0.15) is 0 Å². The van der Waals surface area contributed by atoms with Gasteiger partial charge >= 0.3 is 0 Å². The number of anilines is 1. The number of amides is 1. The van der Waals surface area contributed by atoms with Crippen molar-refractivity contribution >= 4 is 23.1 Å². The number of rotatable bonds is 2. The number of nitrogens with zero attached hydrogens (tertiary/aromatic N) is 2. The average molecular weight is 273 g/mol. The highest BCUT2D eigenvalue weighted by Crippen LogP contribution is 2.25. The van der Waals surface area contributed by atoms with E-state index in [1.165, 1.54) is 10.4 Å². The molecule has 5 heteroatoms. The van der Waals surface area contributed by atoms with Crippen molar-refractivity contribution in [3.63, 3.8) is 0 Å². The van der Waals surface area contributed by atoms with E-state index in [1.807, 2.05) is 24.1 Å². The van der Waals surface area contributed by atoms with Crippen LogP contribution in [0.4, 0.5) is 5.82 Å². The molecule has 1 N–H and O–H groups in total. The molecule has 0 spiro atoms.